The van der Waals surface area contributed by atoms with Crippen molar-refractivity contribution in [3.63, 3.8) is 0 Å². The Bertz CT molecular complexity index is 975. The van der Waals surface area contributed by atoms with E-state index in [4.69, 9.17) is 17.3 Å². The number of nitrogen functional groups attached to an aromatic ring is 1. The van der Waals surface area contributed by atoms with E-state index in [-0.39, 0.29) is 5.82 Å². The predicted molar refractivity (Wildman–Crippen MR) is 106 cm³/mol. The summed E-state index contributed by atoms with van der Waals surface area (Å²) in [5, 5.41) is 10.2. The van der Waals surface area contributed by atoms with E-state index in [1.165, 1.54) is 0 Å². The molecule has 3 rings (SSSR count). The van der Waals surface area contributed by atoms with Gasteiger partial charge in [-0.05, 0) is 48.6 Å². The summed E-state index contributed by atoms with van der Waals surface area (Å²) in [6, 6.07) is 17.8. The molecule has 0 saturated carbocycles. The van der Waals surface area contributed by atoms with Crippen molar-refractivity contribution in [2.45, 2.75) is 11.8 Å². The molecule has 0 unspecified atom stereocenters. The molecule has 0 aliphatic heterocycles. The number of nitrogens with two attached hydrogens (primary N) is 1. The average Bonchev–Trinajstić information content (AvgIpc) is 2.63. The maximum atomic E-state index is 9.60. The second-order valence-corrected chi connectivity index (χ2v) is 6.89. The van der Waals surface area contributed by atoms with Gasteiger partial charge >= 0.3 is 0 Å². The van der Waals surface area contributed by atoms with Crippen molar-refractivity contribution in [1.29, 1.82) is 5.26 Å². The Hall–Kier alpha value is -2.48. The van der Waals surface area contributed by atoms with E-state index in [2.05, 4.69) is 11.1 Å². The number of nitriles is 1. The van der Waals surface area contributed by atoms with E-state index in [0.717, 1.165) is 32.8 Å². The Balaban J connectivity index is 2.28. The van der Waals surface area contributed by atoms with Crippen molar-refractivity contribution in [3.8, 4) is 28.5 Å². The molecule has 2 N–H and O–H groups in total. The minimum Gasteiger partial charge on any atom is -0.383 e. The normalized spacial score (nSPS) is 10.5. The summed E-state index contributed by atoms with van der Waals surface area (Å²) >= 11 is 7.80. The molecule has 0 spiro atoms. The van der Waals surface area contributed by atoms with Crippen molar-refractivity contribution in [3.05, 3.63) is 64.7 Å². The van der Waals surface area contributed by atoms with E-state index < -0.39 is 0 Å². The maximum absolute atomic E-state index is 9.60. The van der Waals surface area contributed by atoms with Crippen LogP contribution < -0.4 is 5.73 Å². The summed E-state index contributed by atoms with van der Waals surface area (Å²) in [7, 11) is 0. The molecule has 3 aromatic rings. The third-order valence-corrected chi connectivity index (χ3v) is 5.04. The molecule has 0 amide bonds. The molecular weight excluding hydrogens is 350 g/mol. The standard InChI is InChI=1S/C20H16ClN3S/c1-12-18(13-6-8-16(25-2)9-7-13)17(11-22)20(23)24-19(12)14-4-3-5-15(21)10-14/h3-10H,1-2H3,(H2,23,24). The topological polar surface area (TPSA) is 62.7 Å². The number of anilines is 1. The molecule has 124 valence electrons. The SMILES string of the molecule is CSc1ccc(-c2c(C)c(-c3cccc(Cl)c3)nc(N)c2C#N)cc1. The largest absolute Gasteiger partial charge is 0.383 e. The lowest BCUT2D eigenvalue weighted by atomic mass is 9.93. The van der Waals surface area contributed by atoms with Crippen LogP contribution in [0.25, 0.3) is 22.4 Å². The van der Waals surface area contributed by atoms with Crippen LogP contribution in [0.4, 0.5) is 5.82 Å². The summed E-state index contributed by atoms with van der Waals surface area (Å²) in [6.45, 7) is 1.96. The molecule has 0 saturated heterocycles. The summed E-state index contributed by atoms with van der Waals surface area (Å²) in [5.74, 6) is 0.229. The van der Waals surface area contributed by atoms with Crippen LogP contribution in [0, 0.1) is 18.3 Å². The Kier molecular flexibility index (Phi) is 4.98. The highest BCUT2D eigenvalue weighted by molar-refractivity contribution is 7.98. The van der Waals surface area contributed by atoms with Crippen LogP contribution in [-0.4, -0.2) is 11.2 Å². The van der Waals surface area contributed by atoms with Gasteiger partial charge in [-0.15, -0.1) is 11.8 Å². The van der Waals surface area contributed by atoms with Crippen LogP contribution in [0.3, 0.4) is 0 Å². The van der Waals surface area contributed by atoms with Crippen molar-refractivity contribution >= 4 is 29.2 Å². The Morgan fingerprint density at radius 3 is 2.44 bits per heavy atom. The quantitative estimate of drug-likeness (QED) is 0.618. The molecule has 0 radical (unpaired) electrons. The summed E-state index contributed by atoms with van der Waals surface area (Å²) < 4.78 is 0. The Morgan fingerprint density at radius 1 is 1.12 bits per heavy atom. The smallest absolute Gasteiger partial charge is 0.142 e. The fourth-order valence-corrected chi connectivity index (χ4v) is 3.44. The van der Waals surface area contributed by atoms with Gasteiger partial charge in [0.1, 0.15) is 17.5 Å². The number of aromatic nitrogens is 1. The molecule has 1 aromatic heterocycles. The van der Waals surface area contributed by atoms with Crippen molar-refractivity contribution in [2.24, 2.45) is 0 Å². The van der Waals surface area contributed by atoms with Gasteiger partial charge in [0.15, 0.2) is 0 Å². The molecule has 0 aliphatic carbocycles. The van der Waals surface area contributed by atoms with Gasteiger partial charge in [-0.25, -0.2) is 4.98 Å². The van der Waals surface area contributed by atoms with Gasteiger partial charge in [0.25, 0.3) is 0 Å². The fraction of sp³-hybridized carbons (Fsp3) is 0.100. The molecular formula is C20H16ClN3S. The fourth-order valence-electron chi connectivity index (χ4n) is 2.84. The van der Waals surface area contributed by atoms with Crippen LogP contribution in [0.2, 0.25) is 5.02 Å². The molecule has 25 heavy (non-hydrogen) atoms. The highest BCUT2D eigenvalue weighted by atomic mass is 35.5. The number of halogens is 1. The van der Waals surface area contributed by atoms with E-state index in [9.17, 15) is 5.26 Å². The number of pyridine rings is 1. The number of hydrogen-bond donors (Lipinski definition) is 1. The first-order chi connectivity index (χ1) is 12.0. The molecule has 1 heterocycles. The van der Waals surface area contributed by atoms with E-state index in [1.807, 2.05) is 61.7 Å². The molecule has 2 aromatic carbocycles. The van der Waals surface area contributed by atoms with Crippen molar-refractivity contribution < 1.29 is 0 Å². The number of thioether (sulfide) groups is 1. The van der Waals surface area contributed by atoms with E-state index >= 15 is 0 Å². The van der Waals surface area contributed by atoms with Crippen molar-refractivity contribution in [2.75, 3.05) is 12.0 Å². The second kappa shape index (κ2) is 7.18. The zero-order valence-corrected chi connectivity index (χ0v) is 15.4. The van der Waals surface area contributed by atoms with Crippen molar-refractivity contribution in [1.82, 2.24) is 4.98 Å². The molecule has 0 atom stereocenters. The number of rotatable bonds is 3. The minimum atomic E-state index is 0.229. The van der Waals surface area contributed by atoms with Crippen LogP contribution in [-0.2, 0) is 0 Å². The molecule has 3 nitrogen and oxygen atoms in total. The second-order valence-electron chi connectivity index (χ2n) is 5.57. The Morgan fingerprint density at radius 2 is 1.84 bits per heavy atom. The van der Waals surface area contributed by atoms with Crippen LogP contribution in [0.15, 0.2) is 53.4 Å². The van der Waals surface area contributed by atoms with E-state index in [0.29, 0.717) is 10.6 Å². The average molecular weight is 366 g/mol. The zero-order chi connectivity index (χ0) is 18.0. The third kappa shape index (κ3) is 3.34. The number of benzene rings is 2. The summed E-state index contributed by atoms with van der Waals surface area (Å²) in [5.41, 5.74) is 10.8. The van der Waals surface area contributed by atoms with Gasteiger partial charge in [0, 0.05) is 21.0 Å². The third-order valence-electron chi connectivity index (χ3n) is 4.06. The number of hydrogen-bond acceptors (Lipinski definition) is 4. The molecule has 0 aliphatic rings. The highest BCUT2D eigenvalue weighted by Crippen LogP contribution is 2.36. The maximum Gasteiger partial charge on any atom is 0.142 e. The monoisotopic (exact) mass is 365 g/mol. The summed E-state index contributed by atoms with van der Waals surface area (Å²) in [6.07, 6.45) is 2.03. The zero-order valence-electron chi connectivity index (χ0n) is 13.9. The van der Waals surface area contributed by atoms with Gasteiger partial charge < -0.3 is 5.73 Å². The van der Waals surface area contributed by atoms with Crippen LogP contribution >= 0.6 is 23.4 Å². The lowest BCUT2D eigenvalue weighted by Crippen LogP contribution is -2.03. The first-order valence-electron chi connectivity index (χ1n) is 7.65. The molecule has 0 bridgehead atoms. The molecule has 0 fully saturated rings. The van der Waals surface area contributed by atoms with Crippen LogP contribution in [0.5, 0.6) is 0 Å². The lowest BCUT2D eigenvalue weighted by molar-refractivity contribution is 1.26. The number of nitrogens with zero attached hydrogens (tertiary/aromatic N) is 2. The van der Waals surface area contributed by atoms with E-state index in [1.54, 1.807) is 11.8 Å². The molecule has 5 heteroatoms. The lowest BCUT2D eigenvalue weighted by Gasteiger charge is -2.15. The summed E-state index contributed by atoms with van der Waals surface area (Å²) in [4.78, 5) is 5.63. The Labute approximate surface area is 156 Å². The minimum absolute atomic E-state index is 0.229. The van der Waals surface area contributed by atoms with Gasteiger partial charge in [-0.3, -0.25) is 0 Å². The first-order valence-corrected chi connectivity index (χ1v) is 9.26. The predicted octanol–water partition coefficient (Wildman–Crippen LogP) is 5.55. The van der Waals surface area contributed by atoms with Crippen LogP contribution in [0.1, 0.15) is 11.1 Å². The van der Waals surface area contributed by atoms with Gasteiger partial charge in [0.2, 0.25) is 0 Å². The first kappa shape index (κ1) is 17.3. The highest BCUT2D eigenvalue weighted by Gasteiger charge is 2.18. The van der Waals surface area contributed by atoms with Gasteiger partial charge in [0.05, 0.1) is 5.69 Å². The van der Waals surface area contributed by atoms with Gasteiger partial charge in [-0.2, -0.15) is 5.26 Å². The van der Waals surface area contributed by atoms with Gasteiger partial charge in [-0.1, -0.05) is 35.9 Å².